The average molecular weight is 255 g/mol. The number of nitrogens with zero attached hydrogens (tertiary/aromatic N) is 2. The van der Waals surface area contributed by atoms with Crippen molar-refractivity contribution in [1.29, 1.82) is 0 Å². The third-order valence-corrected chi connectivity index (χ3v) is 2.89. The molecule has 0 unspecified atom stereocenters. The number of rotatable bonds is 4. The first-order chi connectivity index (χ1) is 9.20. The van der Waals surface area contributed by atoms with Gasteiger partial charge in [0, 0.05) is 44.3 Å². The number of nitrogens with one attached hydrogen (secondary N) is 1. The molecule has 1 aromatic heterocycles. The summed E-state index contributed by atoms with van der Waals surface area (Å²) in [5.41, 5.74) is 2.63. The van der Waals surface area contributed by atoms with Crippen LogP contribution in [0.3, 0.4) is 0 Å². The van der Waals surface area contributed by atoms with E-state index in [2.05, 4.69) is 10.3 Å². The van der Waals surface area contributed by atoms with Crippen LogP contribution in [0, 0.1) is 0 Å². The van der Waals surface area contributed by atoms with Gasteiger partial charge in [-0.25, -0.2) is 0 Å². The van der Waals surface area contributed by atoms with Crippen molar-refractivity contribution in [2.45, 2.75) is 6.54 Å². The van der Waals surface area contributed by atoms with Gasteiger partial charge >= 0.3 is 0 Å². The minimum Gasteiger partial charge on any atom is -0.388 e. The van der Waals surface area contributed by atoms with Crippen LogP contribution in [0.2, 0.25) is 0 Å². The molecule has 0 atom stereocenters. The first-order valence-electron chi connectivity index (χ1n) is 6.13. The van der Waals surface area contributed by atoms with Gasteiger partial charge in [0.25, 0.3) is 5.91 Å². The van der Waals surface area contributed by atoms with E-state index in [1.807, 2.05) is 43.4 Å². The van der Waals surface area contributed by atoms with E-state index in [0.717, 1.165) is 11.3 Å². The molecule has 98 valence electrons. The number of amides is 1. The Kier molecular flexibility index (Phi) is 4.13. The Bertz CT molecular complexity index is 554. The normalized spacial score (nSPS) is 10.0. The van der Waals surface area contributed by atoms with Crippen LogP contribution >= 0.6 is 0 Å². The van der Waals surface area contributed by atoms with E-state index < -0.39 is 0 Å². The highest BCUT2D eigenvalue weighted by Gasteiger charge is 2.12. The number of carbonyl (C=O) groups is 1. The van der Waals surface area contributed by atoms with Crippen LogP contribution in [0.4, 0.5) is 5.69 Å². The van der Waals surface area contributed by atoms with Gasteiger partial charge in [0.2, 0.25) is 0 Å². The second-order valence-electron chi connectivity index (χ2n) is 4.35. The minimum atomic E-state index is 0.000882. The first-order valence-corrected chi connectivity index (χ1v) is 6.13. The van der Waals surface area contributed by atoms with Crippen LogP contribution in [0.5, 0.6) is 0 Å². The van der Waals surface area contributed by atoms with Gasteiger partial charge in [-0.15, -0.1) is 0 Å². The molecule has 2 aromatic rings. The molecule has 1 N–H and O–H groups in total. The fraction of sp³-hybridized carbons (Fsp3) is 0.200. The zero-order valence-electron chi connectivity index (χ0n) is 11.1. The van der Waals surface area contributed by atoms with E-state index in [0.29, 0.717) is 12.1 Å². The number of hydrogen-bond acceptors (Lipinski definition) is 3. The van der Waals surface area contributed by atoms with Gasteiger partial charge in [-0.05, 0) is 29.8 Å². The number of aromatic nitrogens is 1. The highest BCUT2D eigenvalue weighted by molar-refractivity contribution is 5.94. The van der Waals surface area contributed by atoms with Crippen LogP contribution in [0.15, 0.2) is 48.8 Å². The molecule has 1 amide bonds. The molecule has 4 heteroatoms. The van der Waals surface area contributed by atoms with E-state index >= 15 is 0 Å². The molecule has 0 aliphatic rings. The average Bonchev–Trinajstić information content (AvgIpc) is 2.47. The van der Waals surface area contributed by atoms with Crippen LogP contribution in [-0.2, 0) is 6.54 Å². The van der Waals surface area contributed by atoms with Crippen molar-refractivity contribution in [1.82, 2.24) is 9.88 Å². The summed E-state index contributed by atoms with van der Waals surface area (Å²) >= 11 is 0. The number of hydrogen-bond donors (Lipinski definition) is 1. The predicted octanol–water partition coefficient (Wildman–Crippen LogP) is 2.40. The molecule has 1 aromatic carbocycles. The summed E-state index contributed by atoms with van der Waals surface area (Å²) in [6.45, 7) is 0.552. The summed E-state index contributed by atoms with van der Waals surface area (Å²) in [4.78, 5) is 18.0. The van der Waals surface area contributed by atoms with E-state index in [9.17, 15) is 4.79 Å². The predicted molar refractivity (Wildman–Crippen MR) is 76.0 cm³/mol. The quantitative estimate of drug-likeness (QED) is 0.912. The van der Waals surface area contributed by atoms with E-state index in [1.54, 1.807) is 24.3 Å². The molecule has 0 saturated carbocycles. The summed E-state index contributed by atoms with van der Waals surface area (Å²) in [5.74, 6) is 0.000882. The lowest BCUT2D eigenvalue weighted by atomic mass is 10.1. The standard InChI is InChI=1S/C15H17N3O/c1-16-14-7-3-6-13(9-14)15(19)18(2)11-12-5-4-8-17-10-12/h3-10,16H,11H2,1-2H3. The highest BCUT2D eigenvalue weighted by Crippen LogP contribution is 2.12. The Hall–Kier alpha value is -2.36. The molecule has 2 rings (SSSR count). The lowest BCUT2D eigenvalue weighted by Crippen LogP contribution is -2.26. The lowest BCUT2D eigenvalue weighted by molar-refractivity contribution is 0.0785. The second kappa shape index (κ2) is 6.00. The molecule has 0 spiro atoms. The molecule has 19 heavy (non-hydrogen) atoms. The maximum atomic E-state index is 12.3. The molecule has 0 aliphatic carbocycles. The summed E-state index contributed by atoms with van der Waals surface area (Å²) in [6.07, 6.45) is 3.50. The lowest BCUT2D eigenvalue weighted by Gasteiger charge is -2.17. The largest absolute Gasteiger partial charge is 0.388 e. The van der Waals surface area contributed by atoms with Gasteiger partial charge in [0.15, 0.2) is 0 Å². The summed E-state index contributed by atoms with van der Waals surface area (Å²) in [7, 11) is 3.63. The highest BCUT2D eigenvalue weighted by atomic mass is 16.2. The molecule has 1 heterocycles. The van der Waals surface area contributed by atoms with Crippen molar-refractivity contribution in [3.05, 3.63) is 59.9 Å². The van der Waals surface area contributed by atoms with E-state index in [-0.39, 0.29) is 5.91 Å². The maximum Gasteiger partial charge on any atom is 0.253 e. The molecule has 0 aliphatic heterocycles. The van der Waals surface area contributed by atoms with Crippen LogP contribution in [0.1, 0.15) is 15.9 Å². The minimum absolute atomic E-state index is 0.000882. The first kappa shape index (κ1) is 13.1. The van der Waals surface area contributed by atoms with Crippen molar-refractivity contribution < 1.29 is 4.79 Å². The Morgan fingerprint density at radius 3 is 2.84 bits per heavy atom. The molecular formula is C15H17N3O. The van der Waals surface area contributed by atoms with E-state index in [4.69, 9.17) is 0 Å². The van der Waals surface area contributed by atoms with Gasteiger partial charge in [0.05, 0.1) is 0 Å². The van der Waals surface area contributed by atoms with Gasteiger partial charge in [-0.3, -0.25) is 9.78 Å². The van der Waals surface area contributed by atoms with Crippen molar-refractivity contribution in [3.8, 4) is 0 Å². The van der Waals surface area contributed by atoms with Gasteiger partial charge in [0.1, 0.15) is 0 Å². The number of carbonyl (C=O) groups excluding carboxylic acids is 1. The molecule has 4 nitrogen and oxygen atoms in total. The van der Waals surface area contributed by atoms with Crippen LogP contribution in [0.25, 0.3) is 0 Å². The molecular weight excluding hydrogens is 238 g/mol. The zero-order chi connectivity index (χ0) is 13.7. The summed E-state index contributed by atoms with van der Waals surface area (Å²) in [5, 5.41) is 3.03. The fourth-order valence-electron chi connectivity index (χ4n) is 1.87. The van der Waals surface area contributed by atoms with Gasteiger partial charge < -0.3 is 10.2 Å². The number of anilines is 1. The topological polar surface area (TPSA) is 45.2 Å². The fourth-order valence-corrected chi connectivity index (χ4v) is 1.87. The van der Waals surface area contributed by atoms with Crippen molar-refractivity contribution >= 4 is 11.6 Å². The van der Waals surface area contributed by atoms with Crippen LogP contribution in [-0.4, -0.2) is 29.9 Å². The van der Waals surface area contributed by atoms with Crippen molar-refractivity contribution in [2.75, 3.05) is 19.4 Å². The molecule has 0 radical (unpaired) electrons. The Morgan fingerprint density at radius 1 is 1.32 bits per heavy atom. The Balaban J connectivity index is 2.10. The Labute approximate surface area is 113 Å². The Morgan fingerprint density at radius 2 is 2.16 bits per heavy atom. The van der Waals surface area contributed by atoms with Gasteiger partial charge in [-0.2, -0.15) is 0 Å². The van der Waals surface area contributed by atoms with Gasteiger partial charge in [-0.1, -0.05) is 12.1 Å². The number of benzene rings is 1. The second-order valence-corrected chi connectivity index (χ2v) is 4.35. The monoisotopic (exact) mass is 255 g/mol. The molecule has 0 bridgehead atoms. The zero-order valence-corrected chi connectivity index (χ0v) is 11.1. The molecule has 0 saturated heterocycles. The maximum absolute atomic E-state index is 12.3. The van der Waals surface area contributed by atoms with E-state index in [1.165, 1.54) is 0 Å². The summed E-state index contributed by atoms with van der Waals surface area (Å²) < 4.78 is 0. The molecule has 0 fully saturated rings. The SMILES string of the molecule is CNc1cccc(C(=O)N(C)Cc2cccnc2)c1. The van der Waals surface area contributed by atoms with Crippen molar-refractivity contribution in [2.24, 2.45) is 0 Å². The van der Waals surface area contributed by atoms with Crippen LogP contribution < -0.4 is 5.32 Å². The number of pyridine rings is 1. The summed E-state index contributed by atoms with van der Waals surface area (Å²) in [6, 6.07) is 11.3. The van der Waals surface area contributed by atoms with Crippen molar-refractivity contribution in [3.63, 3.8) is 0 Å². The third-order valence-electron chi connectivity index (χ3n) is 2.89. The smallest absolute Gasteiger partial charge is 0.253 e. The third kappa shape index (κ3) is 3.31.